The molecule has 0 radical (unpaired) electrons. The molecule has 2 heterocycles. The van der Waals surface area contributed by atoms with Crippen LogP contribution >= 0.6 is 0 Å². The van der Waals surface area contributed by atoms with Crippen molar-refractivity contribution < 1.29 is 4.42 Å². The lowest BCUT2D eigenvalue weighted by molar-refractivity contribution is 0.468. The van der Waals surface area contributed by atoms with E-state index < -0.39 is 0 Å². The minimum atomic E-state index is -0.175. The molecule has 0 aliphatic carbocycles. The van der Waals surface area contributed by atoms with Crippen molar-refractivity contribution >= 4 is 5.88 Å². The van der Waals surface area contributed by atoms with E-state index in [-0.39, 0.29) is 6.04 Å². The molecule has 1 aromatic heterocycles. The molecule has 0 amide bonds. The minimum Gasteiger partial charge on any atom is -0.444 e. The third-order valence-electron chi connectivity index (χ3n) is 2.65. The maximum Gasteiger partial charge on any atom is 0.195 e. The maximum absolute atomic E-state index is 5.77. The Morgan fingerprint density at radius 2 is 2.07 bits per heavy atom. The van der Waals surface area contributed by atoms with Gasteiger partial charge in [0.2, 0.25) is 0 Å². The van der Waals surface area contributed by atoms with E-state index in [2.05, 4.69) is 4.90 Å². The van der Waals surface area contributed by atoms with E-state index in [0.29, 0.717) is 6.54 Å². The zero-order chi connectivity index (χ0) is 9.97. The molecule has 14 heavy (non-hydrogen) atoms. The van der Waals surface area contributed by atoms with Crippen LogP contribution in [0.4, 0.5) is 5.88 Å². The number of furan rings is 1. The molecule has 0 unspecified atom stereocenters. The first-order valence-corrected chi connectivity index (χ1v) is 5.11. The van der Waals surface area contributed by atoms with Gasteiger partial charge < -0.3 is 20.8 Å². The van der Waals surface area contributed by atoms with Crippen molar-refractivity contribution in [3.8, 4) is 0 Å². The number of nitrogens with zero attached hydrogens (tertiary/aromatic N) is 1. The first-order chi connectivity index (χ1) is 6.81. The van der Waals surface area contributed by atoms with Gasteiger partial charge in [-0.2, -0.15) is 0 Å². The number of nitrogens with two attached hydrogens (primary N) is 2. The fourth-order valence-electron chi connectivity index (χ4n) is 1.77. The van der Waals surface area contributed by atoms with Crippen molar-refractivity contribution in [3.63, 3.8) is 0 Å². The Morgan fingerprint density at radius 3 is 2.71 bits per heavy atom. The molecular formula is C10H17N3O. The zero-order valence-corrected chi connectivity index (χ0v) is 8.28. The van der Waals surface area contributed by atoms with Gasteiger partial charge in [0.25, 0.3) is 0 Å². The average Bonchev–Trinajstić information content (AvgIpc) is 2.86. The molecule has 0 aromatic carbocycles. The van der Waals surface area contributed by atoms with Gasteiger partial charge in [-0.1, -0.05) is 0 Å². The summed E-state index contributed by atoms with van der Waals surface area (Å²) in [6.07, 6.45) is 2.50. The summed E-state index contributed by atoms with van der Waals surface area (Å²) < 4.78 is 5.64. The van der Waals surface area contributed by atoms with Crippen LogP contribution in [-0.2, 0) is 0 Å². The highest BCUT2D eigenvalue weighted by atomic mass is 16.4. The highest BCUT2D eigenvalue weighted by molar-refractivity contribution is 5.37. The van der Waals surface area contributed by atoms with Crippen LogP contribution in [0.1, 0.15) is 24.6 Å². The molecule has 1 atom stereocenters. The van der Waals surface area contributed by atoms with Crippen molar-refractivity contribution in [1.29, 1.82) is 0 Å². The third kappa shape index (κ3) is 1.76. The van der Waals surface area contributed by atoms with Crippen molar-refractivity contribution in [2.45, 2.75) is 18.9 Å². The van der Waals surface area contributed by atoms with Gasteiger partial charge in [0, 0.05) is 25.7 Å². The van der Waals surface area contributed by atoms with E-state index in [1.807, 2.05) is 12.1 Å². The van der Waals surface area contributed by atoms with Crippen LogP contribution in [0.25, 0.3) is 0 Å². The normalized spacial score (nSPS) is 18.9. The Bertz CT molecular complexity index is 291. The summed E-state index contributed by atoms with van der Waals surface area (Å²) in [4.78, 5) is 2.24. The van der Waals surface area contributed by atoms with E-state index in [1.54, 1.807) is 0 Å². The molecule has 0 saturated carbocycles. The summed E-state index contributed by atoms with van der Waals surface area (Å²) in [6.45, 7) is 2.60. The molecule has 4 N–H and O–H groups in total. The average molecular weight is 195 g/mol. The molecule has 1 aromatic rings. The van der Waals surface area contributed by atoms with Crippen LogP contribution in [0.3, 0.4) is 0 Å². The smallest absolute Gasteiger partial charge is 0.195 e. The van der Waals surface area contributed by atoms with E-state index in [9.17, 15) is 0 Å². The lowest BCUT2D eigenvalue weighted by Crippen LogP contribution is -2.20. The van der Waals surface area contributed by atoms with Crippen LogP contribution in [0, 0.1) is 0 Å². The topological polar surface area (TPSA) is 68.4 Å². The monoisotopic (exact) mass is 195 g/mol. The Morgan fingerprint density at radius 1 is 1.36 bits per heavy atom. The molecule has 1 fully saturated rings. The second-order valence-corrected chi connectivity index (χ2v) is 3.71. The van der Waals surface area contributed by atoms with Gasteiger partial charge in [-0.3, -0.25) is 0 Å². The fraction of sp³-hybridized carbons (Fsp3) is 0.600. The van der Waals surface area contributed by atoms with E-state index in [0.717, 1.165) is 24.7 Å². The van der Waals surface area contributed by atoms with Crippen molar-refractivity contribution in [3.05, 3.63) is 17.9 Å². The molecule has 1 saturated heterocycles. The molecule has 0 bridgehead atoms. The van der Waals surface area contributed by atoms with Crippen LogP contribution < -0.4 is 16.4 Å². The van der Waals surface area contributed by atoms with Crippen LogP contribution in [0.2, 0.25) is 0 Å². The van der Waals surface area contributed by atoms with Gasteiger partial charge in [0.1, 0.15) is 5.76 Å². The summed E-state index contributed by atoms with van der Waals surface area (Å²) in [6, 6.07) is 3.73. The Balaban J connectivity index is 2.08. The Kier molecular flexibility index (Phi) is 2.74. The number of hydrogen-bond donors (Lipinski definition) is 2. The van der Waals surface area contributed by atoms with Gasteiger partial charge >= 0.3 is 0 Å². The van der Waals surface area contributed by atoms with Gasteiger partial charge in [-0.05, 0) is 18.9 Å². The van der Waals surface area contributed by atoms with Crippen molar-refractivity contribution in [2.24, 2.45) is 11.5 Å². The van der Waals surface area contributed by atoms with Crippen molar-refractivity contribution in [1.82, 2.24) is 0 Å². The predicted octanol–water partition coefficient (Wildman–Crippen LogP) is 0.838. The van der Waals surface area contributed by atoms with Gasteiger partial charge in [0.15, 0.2) is 5.88 Å². The number of rotatable bonds is 3. The van der Waals surface area contributed by atoms with Crippen molar-refractivity contribution in [2.75, 3.05) is 24.5 Å². The third-order valence-corrected chi connectivity index (χ3v) is 2.65. The first kappa shape index (κ1) is 9.55. The van der Waals surface area contributed by atoms with Crippen LogP contribution in [0.5, 0.6) is 0 Å². The fourth-order valence-corrected chi connectivity index (χ4v) is 1.77. The highest BCUT2D eigenvalue weighted by Gasteiger charge is 2.17. The largest absolute Gasteiger partial charge is 0.444 e. The number of anilines is 1. The lowest BCUT2D eigenvalue weighted by atomic mass is 10.2. The minimum absolute atomic E-state index is 0.175. The van der Waals surface area contributed by atoms with E-state index >= 15 is 0 Å². The van der Waals surface area contributed by atoms with Gasteiger partial charge in [-0.25, -0.2) is 0 Å². The van der Waals surface area contributed by atoms with Gasteiger partial charge in [0.05, 0.1) is 6.04 Å². The standard InChI is InChI=1S/C10H17N3O/c11-7-8(12)9-3-4-10(14-9)13-5-1-2-6-13/h3-4,8H,1-2,5-7,11-12H2/t8-/m1/s1. The van der Waals surface area contributed by atoms with Crippen LogP contribution in [-0.4, -0.2) is 19.6 Å². The highest BCUT2D eigenvalue weighted by Crippen LogP contribution is 2.24. The zero-order valence-electron chi connectivity index (χ0n) is 8.28. The summed E-state index contributed by atoms with van der Waals surface area (Å²) in [7, 11) is 0. The Labute approximate surface area is 83.8 Å². The van der Waals surface area contributed by atoms with Gasteiger partial charge in [-0.15, -0.1) is 0 Å². The molecule has 78 valence electrons. The SMILES string of the molecule is NC[C@@H](N)c1ccc(N2CCCC2)o1. The maximum atomic E-state index is 5.77. The lowest BCUT2D eigenvalue weighted by Gasteiger charge is -2.13. The first-order valence-electron chi connectivity index (χ1n) is 5.11. The van der Waals surface area contributed by atoms with E-state index in [1.165, 1.54) is 12.8 Å². The molecule has 1 aliphatic rings. The summed E-state index contributed by atoms with van der Waals surface area (Å²) >= 11 is 0. The second-order valence-electron chi connectivity index (χ2n) is 3.71. The molecular weight excluding hydrogens is 178 g/mol. The molecule has 4 nitrogen and oxygen atoms in total. The number of hydrogen-bond acceptors (Lipinski definition) is 4. The Hall–Kier alpha value is -1.00. The molecule has 2 rings (SSSR count). The second kappa shape index (κ2) is 4.02. The van der Waals surface area contributed by atoms with E-state index in [4.69, 9.17) is 15.9 Å². The molecule has 4 heteroatoms. The summed E-state index contributed by atoms with van der Waals surface area (Å²) in [5.41, 5.74) is 11.2. The predicted molar refractivity (Wildman–Crippen MR) is 56.1 cm³/mol. The summed E-state index contributed by atoms with van der Waals surface area (Å²) in [5, 5.41) is 0. The quantitative estimate of drug-likeness (QED) is 0.750. The van der Waals surface area contributed by atoms with Crippen LogP contribution in [0.15, 0.2) is 16.5 Å². The molecule has 1 aliphatic heterocycles. The molecule has 0 spiro atoms. The summed E-state index contributed by atoms with van der Waals surface area (Å²) in [5.74, 6) is 1.72.